The summed E-state index contributed by atoms with van der Waals surface area (Å²) >= 11 is 1.40. The molecule has 1 unspecified atom stereocenters. The van der Waals surface area contributed by atoms with Crippen molar-refractivity contribution in [3.05, 3.63) is 34.9 Å². The molecule has 3 aromatic rings. The Labute approximate surface area is 149 Å². The van der Waals surface area contributed by atoms with Crippen molar-refractivity contribution in [2.24, 2.45) is 0 Å². The first-order valence-electron chi connectivity index (χ1n) is 7.96. The van der Waals surface area contributed by atoms with Gasteiger partial charge >= 0.3 is 0 Å². The molecule has 0 aliphatic rings. The maximum atomic E-state index is 10.7. The second-order valence-electron chi connectivity index (χ2n) is 5.58. The summed E-state index contributed by atoms with van der Waals surface area (Å²) in [6, 6.07) is 3.47. The van der Waals surface area contributed by atoms with Gasteiger partial charge in [0.2, 0.25) is 10.8 Å². The second kappa shape index (κ2) is 7.96. The maximum Gasteiger partial charge on any atom is 0.230 e. The molecule has 0 bridgehead atoms. The molecule has 0 amide bonds. The Bertz CT molecular complexity index is 791. The van der Waals surface area contributed by atoms with Gasteiger partial charge in [-0.1, -0.05) is 11.3 Å². The lowest BCUT2D eigenvalue weighted by Crippen LogP contribution is -2.34. The van der Waals surface area contributed by atoms with Gasteiger partial charge in [-0.2, -0.15) is 4.52 Å². The van der Waals surface area contributed by atoms with Crippen LogP contribution in [0.25, 0.3) is 4.96 Å². The second-order valence-corrected chi connectivity index (χ2v) is 6.59. The van der Waals surface area contributed by atoms with E-state index >= 15 is 0 Å². The van der Waals surface area contributed by atoms with Gasteiger partial charge in [0.1, 0.15) is 17.6 Å². The number of thiazole rings is 1. The molecule has 3 rings (SSSR count). The van der Waals surface area contributed by atoms with Crippen LogP contribution in [-0.4, -0.2) is 65.1 Å². The summed E-state index contributed by atoms with van der Waals surface area (Å²) < 4.78 is 17.6. The number of aryl methyl sites for hydroxylation is 1. The average Bonchev–Trinajstić information content (AvgIpc) is 3.30. The molecule has 0 saturated carbocycles. The van der Waals surface area contributed by atoms with Crippen molar-refractivity contribution in [2.75, 3.05) is 40.5 Å². The lowest BCUT2D eigenvalue weighted by atomic mass is 10.1. The molecule has 0 saturated heterocycles. The van der Waals surface area contributed by atoms with Crippen LogP contribution in [0.1, 0.15) is 22.5 Å². The van der Waals surface area contributed by atoms with Gasteiger partial charge in [-0.05, 0) is 19.1 Å². The van der Waals surface area contributed by atoms with Gasteiger partial charge in [0, 0.05) is 27.3 Å². The van der Waals surface area contributed by atoms with Crippen LogP contribution in [0.15, 0.2) is 22.8 Å². The van der Waals surface area contributed by atoms with Crippen LogP contribution in [0.4, 0.5) is 0 Å². The smallest absolute Gasteiger partial charge is 0.230 e. The molecule has 3 aromatic heterocycles. The number of hydrogen-bond acceptors (Lipinski definition) is 8. The first kappa shape index (κ1) is 17.9. The molecule has 136 valence electrons. The molecular weight excluding hydrogens is 344 g/mol. The lowest BCUT2D eigenvalue weighted by Gasteiger charge is -2.29. The zero-order valence-electron chi connectivity index (χ0n) is 14.5. The van der Waals surface area contributed by atoms with Gasteiger partial charge in [-0.25, -0.2) is 4.98 Å². The van der Waals surface area contributed by atoms with E-state index in [4.69, 9.17) is 13.9 Å². The van der Waals surface area contributed by atoms with E-state index in [2.05, 4.69) is 15.0 Å². The fraction of sp³-hybridized carbons (Fsp3) is 0.500. The number of furan rings is 1. The Balaban J connectivity index is 2.03. The van der Waals surface area contributed by atoms with Gasteiger partial charge in [0.25, 0.3) is 0 Å². The van der Waals surface area contributed by atoms with Crippen LogP contribution < -0.4 is 0 Å². The summed E-state index contributed by atoms with van der Waals surface area (Å²) in [6.45, 7) is 4.24. The molecule has 0 radical (unpaired) electrons. The summed E-state index contributed by atoms with van der Waals surface area (Å²) in [5.41, 5.74) is 0. The maximum absolute atomic E-state index is 10.7. The van der Waals surface area contributed by atoms with E-state index < -0.39 is 0 Å². The molecule has 0 fully saturated rings. The first-order valence-corrected chi connectivity index (χ1v) is 8.77. The summed E-state index contributed by atoms with van der Waals surface area (Å²) in [5, 5.41) is 15.0. The third-order valence-corrected chi connectivity index (χ3v) is 4.97. The highest BCUT2D eigenvalue weighted by atomic mass is 32.1. The molecule has 0 aromatic carbocycles. The number of hydrogen-bond donors (Lipinski definition) is 1. The number of ether oxygens (including phenoxy) is 2. The number of methoxy groups -OCH3 is 2. The van der Waals surface area contributed by atoms with E-state index in [1.807, 2.05) is 12.1 Å². The zero-order valence-corrected chi connectivity index (χ0v) is 15.3. The molecule has 25 heavy (non-hydrogen) atoms. The molecule has 0 aliphatic carbocycles. The summed E-state index contributed by atoms with van der Waals surface area (Å²) in [4.78, 5) is 7.90. The highest BCUT2D eigenvalue weighted by molar-refractivity contribution is 7.17. The van der Waals surface area contributed by atoms with Crippen LogP contribution in [-0.2, 0) is 9.47 Å². The zero-order chi connectivity index (χ0) is 17.8. The average molecular weight is 366 g/mol. The van der Waals surface area contributed by atoms with Crippen molar-refractivity contribution in [1.29, 1.82) is 0 Å². The van der Waals surface area contributed by atoms with E-state index in [0.29, 0.717) is 37.1 Å². The van der Waals surface area contributed by atoms with Crippen molar-refractivity contribution in [1.82, 2.24) is 19.5 Å². The minimum absolute atomic E-state index is 0.0850. The van der Waals surface area contributed by atoms with Crippen LogP contribution in [0, 0.1) is 6.92 Å². The molecule has 9 heteroatoms. The van der Waals surface area contributed by atoms with Crippen molar-refractivity contribution in [3.63, 3.8) is 0 Å². The molecule has 0 spiro atoms. The quantitative estimate of drug-likeness (QED) is 0.620. The number of aromatic nitrogens is 3. The number of nitrogens with zero attached hydrogens (tertiary/aromatic N) is 4. The fourth-order valence-electron chi connectivity index (χ4n) is 2.74. The van der Waals surface area contributed by atoms with E-state index in [0.717, 1.165) is 10.6 Å². The third kappa shape index (κ3) is 3.69. The standard InChI is InChI=1S/C16H22N4O4S/c1-11-17-16-20(18-11)15(21)14(25-16)13(12-5-4-8-24-12)19(6-9-22-2)7-10-23-3/h4-5,8,13,21H,6-7,9-10H2,1-3H3. The molecule has 3 heterocycles. The normalized spacial score (nSPS) is 13.1. The van der Waals surface area contributed by atoms with E-state index in [1.165, 1.54) is 15.9 Å². The van der Waals surface area contributed by atoms with Gasteiger partial charge < -0.3 is 19.0 Å². The van der Waals surface area contributed by atoms with Crippen LogP contribution in [0.2, 0.25) is 0 Å². The van der Waals surface area contributed by atoms with E-state index in [9.17, 15) is 5.11 Å². The van der Waals surface area contributed by atoms with Crippen molar-refractivity contribution >= 4 is 16.3 Å². The van der Waals surface area contributed by atoms with Gasteiger partial charge in [-0.15, -0.1) is 5.10 Å². The van der Waals surface area contributed by atoms with Crippen LogP contribution in [0.3, 0.4) is 0 Å². The first-order chi connectivity index (χ1) is 12.2. The highest BCUT2D eigenvalue weighted by Crippen LogP contribution is 2.39. The van der Waals surface area contributed by atoms with Crippen LogP contribution in [0.5, 0.6) is 5.88 Å². The Kier molecular flexibility index (Phi) is 5.69. The molecule has 1 N–H and O–H groups in total. The number of aromatic hydroxyl groups is 1. The SMILES string of the molecule is COCCN(CCOC)C(c1ccco1)c1sc2nc(C)nn2c1O. The van der Waals surface area contributed by atoms with E-state index in [1.54, 1.807) is 27.4 Å². The van der Waals surface area contributed by atoms with E-state index in [-0.39, 0.29) is 11.9 Å². The highest BCUT2D eigenvalue weighted by Gasteiger charge is 2.31. The molecule has 1 atom stereocenters. The van der Waals surface area contributed by atoms with Crippen molar-refractivity contribution < 1.29 is 19.0 Å². The van der Waals surface area contributed by atoms with Gasteiger partial charge in [-0.3, -0.25) is 4.90 Å². The topological polar surface area (TPSA) is 85.3 Å². The summed E-state index contributed by atoms with van der Waals surface area (Å²) in [5.74, 6) is 1.45. The summed E-state index contributed by atoms with van der Waals surface area (Å²) in [7, 11) is 3.33. The van der Waals surface area contributed by atoms with Gasteiger partial charge in [0.05, 0.1) is 24.4 Å². The minimum Gasteiger partial charge on any atom is -0.492 e. The van der Waals surface area contributed by atoms with Crippen molar-refractivity contribution in [2.45, 2.75) is 13.0 Å². The number of rotatable bonds is 9. The van der Waals surface area contributed by atoms with Crippen molar-refractivity contribution in [3.8, 4) is 5.88 Å². The fourth-order valence-corrected chi connectivity index (χ4v) is 3.88. The third-order valence-electron chi connectivity index (χ3n) is 3.90. The molecule has 0 aliphatic heterocycles. The Morgan fingerprint density at radius 2 is 2.04 bits per heavy atom. The predicted molar refractivity (Wildman–Crippen MR) is 93.1 cm³/mol. The largest absolute Gasteiger partial charge is 0.492 e. The molecular formula is C16H22N4O4S. The number of fused-ring (bicyclic) bond motifs is 1. The minimum atomic E-state index is -0.269. The Morgan fingerprint density at radius 3 is 2.60 bits per heavy atom. The predicted octanol–water partition coefficient (Wildman–Crippen LogP) is 2.08. The molecule has 8 nitrogen and oxygen atoms in total. The Morgan fingerprint density at radius 1 is 1.32 bits per heavy atom. The van der Waals surface area contributed by atoms with Crippen LogP contribution >= 0.6 is 11.3 Å². The monoisotopic (exact) mass is 366 g/mol. The van der Waals surface area contributed by atoms with Gasteiger partial charge in [0.15, 0.2) is 0 Å². The Hall–Kier alpha value is -1.94. The summed E-state index contributed by atoms with van der Waals surface area (Å²) in [6.07, 6.45) is 1.63. The lowest BCUT2D eigenvalue weighted by molar-refractivity contribution is 0.0915.